The van der Waals surface area contributed by atoms with Gasteiger partial charge in [-0.15, -0.1) is 11.3 Å². The number of benzene rings is 1. The average molecular weight is 375 g/mol. The zero-order valence-corrected chi connectivity index (χ0v) is 17.5. The van der Waals surface area contributed by atoms with Gasteiger partial charge in [0.05, 0.1) is 12.2 Å². The molecule has 0 saturated carbocycles. The van der Waals surface area contributed by atoms with E-state index in [4.69, 9.17) is 4.74 Å². The Morgan fingerprint density at radius 3 is 2.38 bits per heavy atom. The van der Waals surface area contributed by atoms with Crippen molar-refractivity contribution in [3.8, 4) is 5.75 Å². The summed E-state index contributed by atoms with van der Waals surface area (Å²) in [5, 5.41) is 2.96. The molecule has 2 aromatic rings. The Hall–Kier alpha value is -1.88. The van der Waals surface area contributed by atoms with E-state index < -0.39 is 0 Å². The molecule has 0 atom stereocenters. The van der Waals surface area contributed by atoms with E-state index in [0.29, 0.717) is 19.1 Å². The van der Waals surface area contributed by atoms with Crippen LogP contribution in [-0.2, 0) is 17.9 Å². The van der Waals surface area contributed by atoms with Gasteiger partial charge in [0.15, 0.2) is 0 Å². The Labute approximate surface area is 161 Å². The maximum absolute atomic E-state index is 12.4. The smallest absolute Gasteiger partial charge is 0.225 e. The molecule has 4 nitrogen and oxygen atoms in total. The molecule has 0 aliphatic heterocycles. The third kappa shape index (κ3) is 6.13. The molecule has 0 bridgehead atoms. The highest BCUT2D eigenvalue weighted by Gasteiger charge is 2.19. The number of aromatic nitrogens is 1. The number of thiazole rings is 1. The van der Waals surface area contributed by atoms with Crippen LogP contribution < -0.4 is 4.74 Å². The fourth-order valence-electron chi connectivity index (χ4n) is 2.88. The maximum Gasteiger partial charge on any atom is 0.225 e. The zero-order chi connectivity index (χ0) is 19.3. The third-order valence-corrected chi connectivity index (χ3v) is 4.77. The van der Waals surface area contributed by atoms with E-state index in [2.05, 4.69) is 38.7 Å². The lowest BCUT2D eigenvalue weighted by Gasteiger charge is -2.25. The first-order chi connectivity index (χ1) is 12.2. The van der Waals surface area contributed by atoms with Gasteiger partial charge >= 0.3 is 0 Å². The molecule has 2 rings (SSSR count). The number of hydrogen-bond donors (Lipinski definition) is 0. The predicted molar refractivity (Wildman–Crippen MR) is 107 cm³/mol. The van der Waals surface area contributed by atoms with E-state index >= 15 is 0 Å². The van der Waals surface area contributed by atoms with E-state index in [1.54, 1.807) is 11.3 Å². The molecule has 0 fully saturated rings. The Bertz CT molecular complexity index is 717. The Morgan fingerprint density at radius 2 is 1.81 bits per heavy atom. The fourth-order valence-corrected chi connectivity index (χ4v) is 3.58. The summed E-state index contributed by atoms with van der Waals surface area (Å²) < 4.78 is 5.89. The second kappa shape index (κ2) is 9.17. The van der Waals surface area contributed by atoms with Crippen LogP contribution in [0.4, 0.5) is 0 Å². The molecular formula is C21H30N2O2S. The summed E-state index contributed by atoms with van der Waals surface area (Å²) in [7, 11) is 0. The first-order valence-electron chi connectivity index (χ1n) is 9.17. The van der Waals surface area contributed by atoms with Crippen LogP contribution in [0.25, 0.3) is 0 Å². The van der Waals surface area contributed by atoms with Crippen molar-refractivity contribution in [3.05, 3.63) is 45.4 Å². The summed E-state index contributed by atoms with van der Waals surface area (Å²) in [5.41, 5.74) is 3.32. The van der Waals surface area contributed by atoms with Gasteiger partial charge in [0, 0.05) is 17.8 Å². The van der Waals surface area contributed by atoms with Gasteiger partial charge in [0.1, 0.15) is 17.4 Å². The lowest BCUT2D eigenvalue weighted by atomic mass is 10.1. The van der Waals surface area contributed by atoms with Crippen LogP contribution in [0.1, 0.15) is 49.5 Å². The predicted octanol–water partition coefficient (Wildman–Crippen LogP) is 4.98. The van der Waals surface area contributed by atoms with Gasteiger partial charge in [0.2, 0.25) is 5.91 Å². The average Bonchev–Trinajstić information content (AvgIpc) is 2.97. The Balaban J connectivity index is 2.00. The summed E-state index contributed by atoms with van der Waals surface area (Å²) in [6.45, 7) is 14.1. The molecule has 1 heterocycles. The van der Waals surface area contributed by atoms with Crippen molar-refractivity contribution in [2.45, 2.75) is 54.7 Å². The molecule has 1 aromatic carbocycles. The second-order valence-electron chi connectivity index (χ2n) is 7.61. The van der Waals surface area contributed by atoms with Crippen molar-refractivity contribution in [1.29, 1.82) is 0 Å². The van der Waals surface area contributed by atoms with Crippen LogP contribution in [0.15, 0.2) is 23.6 Å². The van der Waals surface area contributed by atoms with Crippen LogP contribution in [0.3, 0.4) is 0 Å². The highest BCUT2D eigenvalue weighted by molar-refractivity contribution is 7.09. The van der Waals surface area contributed by atoms with Gasteiger partial charge in [-0.3, -0.25) is 4.79 Å². The van der Waals surface area contributed by atoms with Gasteiger partial charge < -0.3 is 9.64 Å². The summed E-state index contributed by atoms with van der Waals surface area (Å²) in [4.78, 5) is 19.0. The second-order valence-corrected chi connectivity index (χ2v) is 8.55. The maximum atomic E-state index is 12.4. The number of carbonyl (C=O) groups excluding carboxylic acids is 1. The van der Waals surface area contributed by atoms with Gasteiger partial charge in [-0.2, -0.15) is 0 Å². The van der Waals surface area contributed by atoms with Crippen LogP contribution in [0.5, 0.6) is 5.75 Å². The minimum Gasteiger partial charge on any atom is -0.486 e. The number of hydrogen-bond acceptors (Lipinski definition) is 4. The largest absolute Gasteiger partial charge is 0.486 e. The highest BCUT2D eigenvalue weighted by Crippen LogP contribution is 2.20. The van der Waals surface area contributed by atoms with E-state index in [9.17, 15) is 4.79 Å². The van der Waals surface area contributed by atoms with E-state index in [1.165, 1.54) is 11.1 Å². The first kappa shape index (κ1) is 20.4. The van der Waals surface area contributed by atoms with Crippen molar-refractivity contribution in [1.82, 2.24) is 9.88 Å². The number of nitrogens with zero attached hydrogens (tertiary/aromatic N) is 2. The quantitative estimate of drug-likeness (QED) is 0.654. The summed E-state index contributed by atoms with van der Waals surface area (Å²) in [6, 6.07) is 6.20. The topological polar surface area (TPSA) is 42.4 Å². The number of aryl methyl sites for hydroxylation is 2. The molecule has 1 aromatic heterocycles. The number of amides is 1. The van der Waals surface area contributed by atoms with Gasteiger partial charge in [-0.05, 0) is 43.0 Å². The van der Waals surface area contributed by atoms with Crippen molar-refractivity contribution in [3.63, 3.8) is 0 Å². The minimum atomic E-state index is -0.000232. The molecule has 26 heavy (non-hydrogen) atoms. The van der Waals surface area contributed by atoms with Crippen molar-refractivity contribution in [2.24, 2.45) is 11.8 Å². The molecule has 5 heteroatoms. The molecule has 0 saturated heterocycles. The molecule has 142 valence electrons. The molecule has 0 N–H and O–H groups in total. The molecule has 0 unspecified atom stereocenters. The van der Waals surface area contributed by atoms with Crippen LogP contribution in [-0.4, -0.2) is 22.3 Å². The van der Waals surface area contributed by atoms with Crippen molar-refractivity contribution < 1.29 is 9.53 Å². The van der Waals surface area contributed by atoms with Crippen LogP contribution >= 0.6 is 11.3 Å². The molecule has 0 radical (unpaired) electrons. The van der Waals surface area contributed by atoms with Gasteiger partial charge in [-0.1, -0.05) is 33.8 Å². The fraction of sp³-hybridized carbons (Fsp3) is 0.524. The Morgan fingerprint density at radius 1 is 1.15 bits per heavy atom. The van der Waals surface area contributed by atoms with E-state index in [0.717, 1.165) is 23.0 Å². The molecule has 0 aliphatic carbocycles. The lowest BCUT2D eigenvalue weighted by molar-refractivity contribution is -0.135. The number of rotatable bonds is 8. The summed E-state index contributed by atoms with van der Waals surface area (Å²) in [6.07, 6.45) is 0. The minimum absolute atomic E-state index is 0.000232. The van der Waals surface area contributed by atoms with E-state index in [-0.39, 0.29) is 11.8 Å². The number of ether oxygens (including phenoxy) is 1. The highest BCUT2D eigenvalue weighted by atomic mass is 32.1. The summed E-state index contributed by atoms with van der Waals surface area (Å²) in [5.74, 6) is 1.49. The van der Waals surface area contributed by atoms with E-state index in [1.807, 2.05) is 36.3 Å². The third-order valence-electron chi connectivity index (χ3n) is 3.90. The standard InChI is InChI=1S/C21H30N2O2S/c1-14(2)10-23(21(24)15(3)4)11-18-13-26-20(22-18)12-25-19-8-16(5)7-17(6)9-19/h7-9,13-15H,10-12H2,1-6H3. The van der Waals surface area contributed by atoms with Crippen LogP contribution in [0, 0.1) is 25.7 Å². The van der Waals surface area contributed by atoms with Crippen molar-refractivity contribution in [2.75, 3.05) is 6.54 Å². The summed E-state index contributed by atoms with van der Waals surface area (Å²) >= 11 is 1.58. The monoisotopic (exact) mass is 374 g/mol. The van der Waals surface area contributed by atoms with Gasteiger partial charge in [0.25, 0.3) is 0 Å². The molecular weight excluding hydrogens is 344 g/mol. The normalized spacial score (nSPS) is 11.2. The molecule has 0 spiro atoms. The van der Waals surface area contributed by atoms with Crippen molar-refractivity contribution >= 4 is 17.2 Å². The molecule has 0 aliphatic rings. The van der Waals surface area contributed by atoms with Gasteiger partial charge in [-0.25, -0.2) is 4.98 Å². The zero-order valence-electron chi connectivity index (χ0n) is 16.7. The van der Waals surface area contributed by atoms with Crippen LogP contribution in [0.2, 0.25) is 0 Å². The molecule has 1 amide bonds. The SMILES string of the molecule is Cc1cc(C)cc(OCc2nc(CN(CC(C)C)C(=O)C(C)C)cs2)c1. The number of carbonyl (C=O) groups is 1. The Kier molecular flexibility index (Phi) is 7.21. The lowest BCUT2D eigenvalue weighted by Crippen LogP contribution is -2.36. The first-order valence-corrected chi connectivity index (χ1v) is 10.1.